The number of benzene rings is 1. The SMILES string of the molecule is C=C/C=N\C(=C\C(O)OC)Nc1cc(CC(C)(C)C)nn1-c1ccccc1C. The van der Waals surface area contributed by atoms with Gasteiger partial charge in [0.05, 0.1) is 11.4 Å². The van der Waals surface area contributed by atoms with E-state index in [1.165, 1.54) is 13.2 Å². The molecule has 2 N–H and O–H groups in total. The van der Waals surface area contributed by atoms with Gasteiger partial charge in [0.15, 0.2) is 6.29 Å². The van der Waals surface area contributed by atoms with Gasteiger partial charge in [-0.3, -0.25) is 0 Å². The maximum atomic E-state index is 9.83. The van der Waals surface area contributed by atoms with Gasteiger partial charge >= 0.3 is 0 Å². The average molecular weight is 383 g/mol. The summed E-state index contributed by atoms with van der Waals surface area (Å²) in [4.78, 5) is 4.29. The van der Waals surface area contributed by atoms with Crippen LogP contribution < -0.4 is 5.32 Å². The number of nitrogens with one attached hydrogen (secondary N) is 1. The molecule has 1 aromatic heterocycles. The molecule has 0 spiro atoms. The number of aliphatic hydroxyl groups excluding tert-OH is 1. The van der Waals surface area contributed by atoms with Gasteiger partial charge in [-0.2, -0.15) is 5.10 Å². The van der Waals surface area contributed by atoms with Gasteiger partial charge in [-0.05, 0) is 30.4 Å². The van der Waals surface area contributed by atoms with Gasteiger partial charge in [0, 0.05) is 25.5 Å². The van der Waals surface area contributed by atoms with Crippen LogP contribution in [0, 0.1) is 12.3 Å². The Balaban J connectivity index is 2.50. The molecule has 0 aliphatic heterocycles. The standard InChI is InChI=1S/C22H30N4O2/c1-7-12-23-19(14-21(27)28-6)24-20-13-17(15-22(3,4)5)25-26(20)18-11-9-8-10-16(18)2/h7-14,21,24,27H,1,15H2,2-6H3/b19-14-,23-12-. The number of hydrogen-bond donors (Lipinski definition) is 2. The number of nitrogens with zero attached hydrogens (tertiary/aromatic N) is 3. The van der Waals surface area contributed by atoms with E-state index in [1.54, 1.807) is 12.3 Å². The third kappa shape index (κ3) is 6.18. The quantitative estimate of drug-likeness (QED) is 0.529. The lowest BCUT2D eigenvalue weighted by molar-refractivity contribution is -0.0361. The van der Waals surface area contributed by atoms with E-state index in [2.05, 4.69) is 37.7 Å². The number of methoxy groups -OCH3 is 1. The number of hydrogen-bond acceptors (Lipinski definition) is 5. The van der Waals surface area contributed by atoms with E-state index in [0.29, 0.717) is 5.82 Å². The van der Waals surface area contributed by atoms with Crippen LogP contribution in [-0.4, -0.2) is 34.5 Å². The zero-order valence-electron chi connectivity index (χ0n) is 17.3. The van der Waals surface area contributed by atoms with Crippen LogP contribution in [0.3, 0.4) is 0 Å². The number of aryl methyl sites for hydroxylation is 1. The lowest BCUT2D eigenvalue weighted by Crippen LogP contribution is -2.11. The van der Waals surface area contributed by atoms with Gasteiger partial charge in [0.1, 0.15) is 11.6 Å². The van der Waals surface area contributed by atoms with E-state index >= 15 is 0 Å². The molecule has 1 heterocycles. The number of aliphatic hydroxyl groups is 1. The van der Waals surface area contributed by atoms with Gasteiger partial charge < -0.3 is 15.2 Å². The van der Waals surface area contributed by atoms with E-state index in [0.717, 1.165) is 29.2 Å². The fraction of sp³-hybridized carbons (Fsp3) is 0.364. The number of aromatic nitrogens is 2. The highest BCUT2D eigenvalue weighted by molar-refractivity contribution is 5.72. The molecule has 0 saturated heterocycles. The topological polar surface area (TPSA) is 71.7 Å². The fourth-order valence-corrected chi connectivity index (χ4v) is 2.72. The highest BCUT2D eigenvalue weighted by Crippen LogP contribution is 2.26. The van der Waals surface area contributed by atoms with Crippen molar-refractivity contribution in [2.45, 2.75) is 40.4 Å². The molecule has 0 radical (unpaired) electrons. The van der Waals surface area contributed by atoms with Crippen molar-refractivity contribution in [3.05, 3.63) is 66.1 Å². The molecule has 0 fully saturated rings. The highest BCUT2D eigenvalue weighted by atomic mass is 16.6. The second kappa shape index (κ2) is 9.48. The van der Waals surface area contributed by atoms with Gasteiger partial charge in [-0.15, -0.1) is 0 Å². The summed E-state index contributed by atoms with van der Waals surface area (Å²) in [5, 5.41) is 17.9. The summed E-state index contributed by atoms with van der Waals surface area (Å²) in [6.45, 7) is 12.2. The first-order chi connectivity index (χ1) is 13.2. The summed E-state index contributed by atoms with van der Waals surface area (Å²) in [6, 6.07) is 10.1. The van der Waals surface area contributed by atoms with Crippen molar-refractivity contribution in [2.75, 3.05) is 12.4 Å². The first-order valence-electron chi connectivity index (χ1n) is 9.23. The normalized spacial score (nSPS) is 13.7. The Morgan fingerprint density at radius 2 is 2.11 bits per heavy atom. The van der Waals surface area contributed by atoms with Crippen LogP contribution in [0.15, 0.2) is 59.9 Å². The van der Waals surface area contributed by atoms with Crippen LogP contribution in [0.1, 0.15) is 32.0 Å². The molecule has 150 valence electrons. The van der Waals surface area contributed by atoms with Crippen LogP contribution in [-0.2, 0) is 11.2 Å². The van der Waals surface area contributed by atoms with E-state index in [-0.39, 0.29) is 5.41 Å². The summed E-state index contributed by atoms with van der Waals surface area (Å²) >= 11 is 0. The molecule has 0 aliphatic rings. The van der Waals surface area contributed by atoms with E-state index in [1.807, 2.05) is 41.9 Å². The molecular weight excluding hydrogens is 352 g/mol. The number of ether oxygens (including phenoxy) is 1. The second-order valence-corrected chi connectivity index (χ2v) is 7.77. The third-order valence-corrected chi connectivity index (χ3v) is 3.93. The number of para-hydroxylation sites is 1. The van der Waals surface area contributed by atoms with Gasteiger partial charge in [-0.25, -0.2) is 9.67 Å². The second-order valence-electron chi connectivity index (χ2n) is 7.77. The molecular formula is C22H30N4O2. The van der Waals surface area contributed by atoms with E-state index < -0.39 is 6.29 Å². The zero-order valence-corrected chi connectivity index (χ0v) is 17.3. The Kier molecular flexibility index (Phi) is 7.31. The van der Waals surface area contributed by atoms with Crippen molar-refractivity contribution in [3.8, 4) is 5.69 Å². The summed E-state index contributed by atoms with van der Waals surface area (Å²) in [5.74, 6) is 1.19. The Labute approximate surface area is 167 Å². The minimum atomic E-state index is -1.08. The Morgan fingerprint density at radius 1 is 1.39 bits per heavy atom. The molecule has 6 heteroatoms. The maximum absolute atomic E-state index is 9.83. The van der Waals surface area contributed by atoms with Gasteiger partial charge in [-0.1, -0.05) is 51.6 Å². The Hall–Kier alpha value is -2.70. The Bertz CT molecular complexity index is 860. The van der Waals surface area contributed by atoms with Crippen LogP contribution in [0.25, 0.3) is 5.69 Å². The van der Waals surface area contributed by atoms with Crippen LogP contribution >= 0.6 is 0 Å². The minimum absolute atomic E-state index is 0.105. The lowest BCUT2D eigenvalue weighted by Gasteiger charge is -2.15. The Morgan fingerprint density at radius 3 is 2.71 bits per heavy atom. The first kappa shape index (κ1) is 21.6. The lowest BCUT2D eigenvalue weighted by atomic mass is 9.91. The number of aliphatic imine (C=N–C) groups is 1. The first-order valence-corrected chi connectivity index (χ1v) is 9.23. The van der Waals surface area contributed by atoms with E-state index in [9.17, 15) is 5.11 Å². The third-order valence-electron chi connectivity index (χ3n) is 3.93. The molecule has 0 saturated carbocycles. The molecule has 28 heavy (non-hydrogen) atoms. The monoisotopic (exact) mass is 382 g/mol. The number of anilines is 1. The zero-order chi connectivity index (χ0) is 20.7. The highest BCUT2D eigenvalue weighted by Gasteiger charge is 2.18. The van der Waals surface area contributed by atoms with Crippen LogP contribution in [0.5, 0.6) is 0 Å². The summed E-state index contributed by atoms with van der Waals surface area (Å²) in [5.41, 5.74) is 3.16. The molecule has 2 rings (SSSR count). The van der Waals surface area contributed by atoms with Crippen molar-refractivity contribution in [1.82, 2.24) is 9.78 Å². The van der Waals surface area contributed by atoms with Gasteiger partial charge in [0.25, 0.3) is 0 Å². The summed E-state index contributed by atoms with van der Waals surface area (Å²) in [6.07, 6.45) is 4.35. The molecule has 1 atom stereocenters. The van der Waals surface area contributed by atoms with Crippen molar-refractivity contribution >= 4 is 12.0 Å². The smallest absolute Gasteiger partial charge is 0.177 e. The summed E-state index contributed by atoms with van der Waals surface area (Å²) in [7, 11) is 1.43. The van der Waals surface area contributed by atoms with E-state index in [4.69, 9.17) is 9.84 Å². The molecule has 2 aromatic rings. The minimum Gasteiger partial charge on any atom is -0.365 e. The fourth-order valence-electron chi connectivity index (χ4n) is 2.72. The molecule has 0 bridgehead atoms. The number of allylic oxidation sites excluding steroid dienone is 1. The molecule has 1 aromatic carbocycles. The predicted molar refractivity (Wildman–Crippen MR) is 115 cm³/mol. The molecule has 0 aliphatic carbocycles. The van der Waals surface area contributed by atoms with Gasteiger partial charge in [0.2, 0.25) is 0 Å². The van der Waals surface area contributed by atoms with Crippen LogP contribution in [0.2, 0.25) is 0 Å². The van der Waals surface area contributed by atoms with Crippen molar-refractivity contribution in [2.24, 2.45) is 10.4 Å². The van der Waals surface area contributed by atoms with Crippen molar-refractivity contribution in [1.29, 1.82) is 0 Å². The van der Waals surface area contributed by atoms with Crippen molar-refractivity contribution < 1.29 is 9.84 Å². The number of rotatable bonds is 8. The van der Waals surface area contributed by atoms with Crippen LogP contribution in [0.4, 0.5) is 5.82 Å². The predicted octanol–water partition coefficient (Wildman–Crippen LogP) is 4.24. The molecule has 1 unspecified atom stereocenters. The maximum Gasteiger partial charge on any atom is 0.177 e. The van der Waals surface area contributed by atoms with Crippen molar-refractivity contribution in [3.63, 3.8) is 0 Å². The average Bonchev–Trinajstić information content (AvgIpc) is 2.99. The largest absolute Gasteiger partial charge is 0.365 e. The summed E-state index contributed by atoms with van der Waals surface area (Å²) < 4.78 is 6.79. The molecule has 6 nitrogen and oxygen atoms in total. The molecule has 0 amide bonds.